The van der Waals surface area contributed by atoms with E-state index in [9.17, 15) is 18.0 Å². The molecule has 1 aliphatic heterocycles. The van der Waals surface area contributed by atoms with Gasteiger partial charge in [-0.3, -0.25) is 9.69 Å². The maximum atomic E-state index is 13.0. The number of amides is 1. The fourth-order valence-electron chi connectivity index (χ4n) is 3.25. The molecule has 0 saturated carbocycles. The molecule has 2 aromatic carbocycles. The number of likely N-dealkylation sites (N-methyl/N-ethyl adjacent to an activating group) is 1. The zero-order chi connectivity index (χ0) is 21.6. The Hall–Kier alpha value is -2.74. The van der Waals surface area contributed by atoms with Gasteiger partial charge >= 0.3 is 6.18 Å². The number of para-hydroxylation sites is 3. The number of rotatable bonds is 8. The van der Waals surface area contributed by atoms with Crippen molar-refractivity contribution in [3.8, 4) is 11.5 Å². The van der Waals surface area contributed by atoms with Crippen molar-refractivity contribution >= 4 is 11.6 Å². The van der Waals surface area contributed by atoms with Gasteiger partial charge in [0.05, 0.1) is 11.3 Å². The summed E-state index contributed by atoms with van der Waals surface area (Å²) >= 11 is 0. The molecule has 1 unspecified atom stereocenters. The van der Waals surface area contributed by atoms with Gasteiger partial charge in [0.15, 0.2) is 17.7 Å². The highest BCUT2D eigenvalue weighted by molar-refractivity contribution is 5.91. The molecule has 30 heavy (non-hydrogen) atoms. The molecule has 0 fully saturated rings. The molecule has 1 N–H and O–H groups in total. The predicted molar refractivity (Wildman–Crippen MR) is 108 cm³/mol. The Balaban J connectivity index is 1.36. The minimum atomic E-state index is -4.50. The number of hydrogen-bond donors (Lipinski definition) is 1. The summed E-state index contributed by atoms with van der Waals surface area (Å²) in [4.78, 5) is 14.1. The van der Waals surface area contributed by atoms with Crippen molar-refractivity contribution in [3.63, 3.8) is 0 Å². The van der Waals surface area contributed by atoms with Gasteiger partial charge in [-0.1, -0.05) is 30.7 Å². The summed E-state index contributed by atoms with van der Waals surface area (Å²) in [7, 11) is 1.95. The van der Waals surface area contributed by atoms with E-state index >= 15 is 0 Å². The third-order valence-electron chi connectivity index (χ3n) is 4.91. The first-order valence-corrected chi connectivity index (χ1v) is 9.89. The number of halogens is 3. The monoisotopic (exact) mass is 422 g/mol. The molecule has 1 amide bonds. The van der Waals surface area contributed by atoms with Crippen molar-refractivity contribution in [1.29, 1.82) is 0 Å². The van der Waals surface area contributed by atoms with E-state index in [2.05, 4.69) is 10.2 Å². The minimum absolute atomic E-state index is 0.173. The van der Waals surface area contributed by atoms with Crippen LogP contribution in [0.1, 0.15) is 31.2 Å². The zero-order valence-electron chi connectivity index (χ0n) is 16.7. The van der Waals surface area contributed by atoms with Crippen molar-refractivity contribution in [2.24, 2.45) is 0 Å². The van der Waals surface area contributed by atoms with E-state index in [-0.39, 0.29) is 18.3 Å². The maximum absolute atomic E-state index is 13.0. The van der Waals surface area contributed by atoms with Gasteiger partial charge in [-0.25, -0.2) is 0 Å². The quantitative estimate of drug-likeness (QED) is 0.613. The lowest BCUT2D eigenvalue weighted by Gasteiger charge is -2.32. The first-order chi connectivity index (χ1) is 14.3. The highest BCUT2D eigenvalue weighted by atomic mass is 19.4. The Kier molecular flexibility index (Phi) is 7.20. The van der Waals surface area contributed by atoms with Gasteiger partial charge in [-0.05, 0) is 44.2 Å². The standard InChI is InChI=1S/C22H25F3N2O3/c1-27(21-15-29-18-11-6-7-12-19(18)30-21)14-8-2-3-13-20(28)26-17-10-5-4-9-16(17)22(23,24)25/h4-7,9-12,21H,2-3,8,13-15H2,1H3,(H,26,28). The number of carbonyl (C=O) groups excluding carboxylic acids is 1. The third kappa shape index (κ3) is 5.89. The molecule has 1 atom stereocenters. The fraction of sp³-hybridized carbons (Fsp3) is 0.409. The van der Waals surface area contributed by atoms with Gasteiger partial charge in [0, 0.05) is 13.0 Å². The van der Waals surface area contributed by atoms with Crippen molar-refractivity contribution in [2.45, 2.75) is 38.1 Å². The lowest BCUT2D eigenvalue weighted by atomic mass is 10.1. The summed E-state index contributed by atoms with van der Waals surface area (Å²) in [5, 5.41) is 2.37. The molecule has 8 heteroatoms. The summed E-state index contributed by atoms with van der Waals surface area (Å²) in [6.45, 7) is 1.20. The molecule has 2 aromatic rings. The summed E-state index contributed by atoms with van der Waals surface area (Å²) in [6, 6.07) is 12.5. The van der Waals surface area contributed by atoms with Gasteiger partial charge in [0.2, 0.25) is 5.91 Å². The maximum Gasteiger partial charge on any atom is 0.418 e. The van der Waals surface area contributed by atoms with Crippen LogP contribution in [0.4, 0.5) is 18.9 Å². The van der Waals surface area contributed by atoms with Crippen molar-refractivity contribution < 1.29 is 27.4 Å². The van der Waals surface area contributed by atoms with Gasteiger partial charge in [-0.15, -0.1) is 0 Å². The minimum Gasteiger partial charge on any atom is -0.484 e. The highest BCUT2D eigenvalue weighted by Crippen LogP contribution is 2.34. The van der Waals surface area contributed by atoms with Crippen LogP contribution in [-0.2, 0) is 11.0 Å². The van der Waals surface area contributed by atoms with Crippen LogP contribution in [0.5, 0.6) is 11.5 Å². The van der Waals surface area contributed by atoms with Crippen molar-refractivity contribution in [1.82, 2.24) is 4.90 Å². The molecule has 1 heterocycles. The first-order valence-electron chi connectivity index (χ1n) is 9.89. The van der Waals surface area contributed by atoms with Gasteiger partial charge in [0.1, 0.15) is 6.61 Å². The molecular weight excluding hydrogens is 397 g/mol. The van der Waals surface area contributed by atoms with E-state index in [4.69, 9.17) is 9.47 Å². The molecule has 162 valence electrons. The number of fused-ring (bicyclic) bond motifs is 1. The van der Waals surface area contributed by atoms with Crippen molar-refractivity contribution in [3.05, 3.63) is 54.1 Å². The largest absolute Gasteiger partial charge is 0.484 e. The number of unbranched alkanes of at least 4 members (excludes halogenated alkanes) is 2. The van der Waals surface area contributed by atoms with Crippen LogP contribution in [-0.4, -0.2) is 37.2 Å². The topological polar surface area (TPSA) is 50.8 Å². The number of anilines is 1. The average molecular weight is 422 g/mol. The molecule has 0 aliphatic carbocycles. The Labute approximate surface area is 173 Å². The van der Waals surface area contributed by atoms with Crippen LogP contribution in [0.2, 0.25) is 0 Å². The summed E-state index contributed by atoms with van der Waals surface area (Å²) in [6.07, 6.45) is -2.29. The fourth-order valence-corrected chi connectivity index (χ4v) is 3.25. The SMILES string of the molecule is CN(CCCCCC(=O)Nc1ccccc1C(F)(F)F)C1COc2ccccc2O1. The molecule has 3 rings (SSSR count). The number of nitrogens with zero attached hydrogens (tertiary/aromatic N) is 1. The smallest absolute Gasteiger partial charge is 0.418 e. The van der Waals surface area contributed by atoms with E-state index in [1.807, 2.05) is 31.3 Å². The number of nitrogens with one attached hydrogen (secondary N) is 1. The molecule has 0 spiro atoms. The first kappa shape index (κ1) is 22.0. The van der Waals surface area contributed by atoms with E-state index in [0.717, 1.165) is 37.0 Å². The lowest BCUT2D eigenvalue weighted by molar-refractivity contribution is -0.137. The van der Waals surface area contributed by atoms with Crippen LogP contribution in [0.15, 0.2) is 48.5 Å². The van der Waals surface area contributed by atoms with Crippen molar-refractivity contribution in [2.75, 3.05) is 25.5 Å². The highest BCUT2D eigenvalue weighted by Gasteiger charge is 2.33. The molecule has 5 nitrogen and oxygen atoms in total. The van der Waals surface area contributed by atoms with Crippen LogP contribution < -0.4 is 14.8 Å². The van der Waals surface area contributed by atoms with Crippen LogP contribution in [0.3, 0.4) is 0 Å². The Morgan fingerprint density at radius 2 is 1.77 bits per heavy atom. The van der Waals surface area contributed by atoms with E-state index in [0.29, 0.717) is 13.0 Å². The molecular formula is C22H25F3N2O3. The Morgan fingerprint density at radius 3 is 2.53 bits per heavy atom. The van der Waals surface area contributed by atoms with Gasteiger partial charge in [0.25, 0.3) is 0 Å². The number of benzene rings is 2. The van der Waals surface area contributed by atoms with Gasteiger partial charge < -0.3 is 14.8 Å². The second kappa shape index (κ2) is 9.84. The van der Waals surface area contributed by atoms with Crippen LogP contribution >= 0.6 is 0 Å². The summed E-state index contributed by atoms with van der Waals surface area (Å²) in [5.41, 5.74) is -1.04. The molecule has 0 bridgehead atoms. The average Bonchev–Trinajstić information content (AvgIpc) is 2.72. The van der Waals surface area contributed by atoms with Gasteiger partial charge in [-0.2, -0.15) is 13.2 Å². The number of alkyl halides is 3. The Morgan fingerprint density at radius 1 is 1.07 bits per heavy atom. The van der Waals surface area contributed by atoms with E-state index in [1.165, 1.54) is 18.2 Å². The molecule has 0 radical (unpaired) electrons. The molecule has 0 saturated heterocycles. The number of ether oxygens (including phenoxy) is 2. The normalized spacial score (nSPS) is 15.8. The second-order valence-electron chi connectivity index (χ2n) is 7.21. The molecule has 0 aromatic heterocycles. The van der Waals surface area contributed by atoms with E-state index < -0.39 is 17.6 Å². The number of hydrogen-bond acceptors (Lipinski definition) is 4. The summed E-state index contributed by atoms with van der Waals surface area (Å²) < 4.78 is 50.6. The summed E-state index contributed by atoms with van der Waals surface area (Å²) in [5.74, 6) is 1.04. The van der Waals surface area contributed by atoms with Crippen LogP contribution in [0.25, 0.3) is 0 Å². The lowest BCUT2D eigenvalue weighted by Crippen LogP contribution is -2.43. The second-order valence-corrected chi connectivity index (χ2v) is 7.21. The Bertz CT molecular complexity index is 858. The van der Waals surface area contributed by atoms with E-state index in [1.54, 1.807) is 0 Å². The predicted octanol–water partition coefficient (Wildman–Crippen LogP) is 4.93. The van der Waals surface area contributed by atoms with Crippen LogP contribution in [0, 0.1) is 0 Å². The number of carbonyl (C=O) groups is 1. The zero-order valence-corrected chi connectivity index (χ0v) is 16.7. The third-order valence-corrected chi connectivity index (χ3v) is 4.91. The molecule has 1 aliphatic rings.